The Labute approximate surface area is 139 Å². The summed E-state index contributed by atoms with van der Waals surface area (Å²) in [5.41, 5.74) is 1.97. The fourth-order valence-corrected chi connectivity index (χ4v) is 4.92. The third-order valence-corrected chi connectivity index (χ3v) is 6.61. The number of hydrogen-bond acceptors (Lipinski definition) is 5. The van der Waals surface area contributed by atoms with E-state index in [1.165, 1.54) is 13.1 Å². The number of likely N-dealkylation sites (N-methyl/N-ethyl adjacent to an activating group) is 1. The van der Waals surface area contributed by atoms with Crippen LogP contribution in [0.4, 0.5) is 5.69 Å². The van der Waals surface area contributed by atoms with Crippen molar-refractivity contribution in [1.82, 2.24) is 4.31 Å². The second-order valence-electron chi connectivity index (χ2n) is 5.43. The van der Waals surface area contributed by atoms with Gasteiger partial charge in [-0.15, -0.1) is 11.3 Å². The molecule has 0 radical (unpaired) electrons. The fourth-order valence-electron chi connectivity index (χ4n) is 2.39. The SMILES string of the molecule is CN(C)c1ccc(C=C2C(=O)c3sccc3S(=O)(=O)N2C)cc1. The van der Waals surface area contributed by atoms with Crippen LogP contribution in [0.5, 0.6) is 0 Å². The maximum Gasteiger partial charge on any atom is 0.265 e. The molecule has 2 heterocycles. The van der Waals surface area contributed by atoms with Crippen molar-refractivity contribution in [3.05, 3.63) is 51.8 Å². The molecule has 0 spiro atoms. The van der Waals surface area contributed by atoms with Gasteiger partial charge in [-0.3, -0.25) is 9.10 Å². The van der Waals surface area contributed by atoms with E-state index in [2.05, 4.69) is 0 Å². The smallest absolute Gasteiger partial charge is 0.265 e. The molecule has 1 aliphatic rings. The number of thiophene rings is 1. The molecule has 23 heavy (non-hydrogen) atoms. The summed E-state index contributed by atoms with van der Waals surface area (Å²) >= 11 is 1.16. The van der Waals surface area contributed by atoms with Crippen molar-refractivity contribution >= 4 is 38.9 Å². The molecular weight excluding hydrogens is 332 g/mol. The lowest BCUT2D eigenvalue weighted by Gasteiger charge is -2.26. The summed E-state index contributed by atoms with van der Waals surface area (Å²) < 4.78 is 26.0. The van der Waals surface area contributed by atoms with Crippen molar-refractivity contribution in [2.45, 2.75) is 4.90 Å². The number of Topliss-reactive ketones (excluding diaryl/α,β-unsaturated/α-hetero) is 1. The quantitative estimate of drug-likeness (QED) is 0.783. The summed E-state index contributed by atoms with van der Waals surface area (Å²) in [5, 5.41) is 1.63. The third kappa shape index (κ3) is 2.55. The van der Waals surface area contributed by atoms with Gasteiger partial charge in [0.25, 0.3) is 10.0 Å². The molecule has 0 saturated carbocycles. The topological polar surface area (TPSA) is 57.7 Å². The van der Waals surface area contributed by atoms with Gasteiger partial charge in [0, 0.05) is 26.8 Å². The summed E-state index contributed by atoms with van der Waals surface area (Å²) in [6.45, 7) is 0. The molecule has 2 aromatic rings. The lowest BCUT2D eigenvalue weighted by atomic mass is 10.1. The standard InChI is InChI=1S/C16H16N2O3S2/c1-17(2)12-6-4-11(5-7-12)10-13-15(19)16-14(8-9-22-16)23(20,21)18(13)3/h4-10H,1-3H3. The number of carbonyl (C=O) groups excluding carboxylic acids is 1. The largest absolute Gasteiger partial charge is 0.378 e. The first-order valence-corrected chi connectivity index (χ1v) is 9.24. The molecule has 0 bridgehead atoms. The second kappa shape index (κ2) is 5.50. The van der Waals surface area contributed by atoms with Gasteiger partial charge in [-0.25, -0.2) is 8.42 Å². The molecule has 1 aromatic carbocycles. The zero-order valence-electron chi connectivity index (χ0n) is 13.0. The van der Waals surface area contributed by atoms with Gasteiger partial charge in [0.2, 0.25) is 5.78 Å². The van der Waals surface area contributed by atoms with Crippen LogP contribution in [0.25, 0.3) is 6.08 Å². The first-order valence-electron chi connectivity index (χ1n) is 6.92. The molecular formula is C16H16N2O3S2. The van der Waals surface area contributed by atoms with Crippen LogP contribution in [0.15, 0.2) is 46.3 Å². The van der Waals surface area contributed by atoms with Gasteiger partial charge in [-0.2, -0.15) is 0 Å². The Bertz CT molecular complexity index is 894. The molecule has 1 aromatic heterocycles. The van der Waals surface area contributed by atoms with Crippen molar-refractivity contribution in [2.24, 2.45) is 0 Å². The maximum absolute atomic E-state index is 12.6. The van der Waals surface area contributed by atoms with E-state index in [1.807, 2.05) is 43.3 Å². The van der Waals surface area contributed by atoms with Crippen molar-refractivity contribution in [3.8, 4) is 0 Å². The van der Waals surface area contributed by atoms with Gasteiger partial charge in [0.05, 0.1) is 4.88 Å². The number of allylic oxidation sites excluding steroid dienone is 1. The Morgan fingerprint density at radius 2 is 1.78 bits per heavy atom. The number of benzene rings is 1. The highest BCUT2D eigenvalue weighted by atomic mass is 32.2. The number of hydrogen-bond donors (Lipinski definition) is 0. The van der Waals surface area contributed by atoms with E-state index in [9.17, 15) is 13.2 Å². The lowest BCUT2D eigenvalue weighted by Crippen LogP contribution is -2.35. The molecule has 1 aliphatic heterocycles. The molecule has 0 atom stereocenters. The minimum Gasteiger partial charge on any atom is -0.378 e. The summed E-state index contributed by atoms with van der Waals surface area (Å²) in [7, 11) is 1.64. The minimum absolute atomic E-state index is 0.0927. The van der Waals surface area contributed by atoms with Gasteiger partial charge in [0.15, 0.2) is 0 Å². The van der Waals surface area contributed by atoms with E-state index in [0.717, 1.165) is 26.9 Å². The van der Waals surface area contributed by atoms with Crippen molar-refractivity contribution < 1.29 is 13.2 Å². The maximum atomic E-state index is 12.6. The van der Waals surface area contributed by atoms with Crippen LogP contribution in [-0.4, -0.2) is 39.6 Å². The summed E-state index contributed by atoms with van der Waals surface area (Å²) in [5.74, 6) is -0.260. The number of fused-ring (bicyclic) bond motifs is 1. The zero-order valence-corrected chi connectivity index (χ0v) is 14.6. The van der Waals surface area contributed by atoms with Crippen molar-refractivity contribution in [3.63, 3.8) is 0 Å². The Balaban J connectivity index is 2.07. The van der Waals surface area contributed by atoms with Gasteiger partial charge in [-0.05, 0) is 35.2 Å². The van der Waals surface area contributed by atoms with Crippen LogP contribution < -0.4 is 4.90 Å². The van der Waals surface area contributed by atoms with Crippen LogP contribution in [0.3, 0.4) is 0 Å². The van der Waals surface area contributed by atoms with Crippen LogP contribution in [0.2, 0.25) is 0 Å². The van der Waals surface area contributed by atoms with E-state index >= 15 is 0 Å². The third-order valence-electron chi connectivity index (χ3n) is 3.76. The predicted molar refractivity (Wildman–Crippen MR) is 92.3 cm³/mol. The average Bonchev–Trinajstić information content (AvgIpc) is 3.01. The Hall–Kier alpha value is -2.12. The Morgan fingerprint density at radius 1 is 1.13 bits per heavy atom. The Kier molecular flexibility index (Phi) is 3.77. The first kappa shape index (κ1) is 15.8. The Morgan fingerprint density at radius 3 is 2.39 bits per heavy atom. The number of ketones is 1. The van der Waals surface area contributed by atoms with Crippen LogP contribution in [-0.2, 0) is 10.0 Å². The predicted octanol–water partition coefficient (Wildman–Crippen LogP) is 2.67. The van der Waals surface area contributed by atoms with Gasteiger partial charge >= 0.3 is 0 Å². The minimum atomic E-state index is -3.65. The molecule has 0 N–H and O–H groups in total. The number of rotatable bonds is 2. The summed E-state index contributed by atoms with van der Waals surface area (Å²) in [6.07, 6.45) is 1.61. The fraction of sp³-hybridized carbons (Fsp3) is 0.188. The highest BCUT2D eigenvalue weighted by Gasteiger charge is 2.38. The second-order valence-corrected chi connectivity index (χ2v) is 8.28. The van der Waals surface area contributed by atoms with Gasteiger partial charge in [0.1, 0.15) is 10.6 Å². The molecule has 5 nitrogen and oxygen atoms in total. The first-order chi connectivity index (χ1) is 10.8. The highest BCUT2D eigenvalue weighted by molar-refractivity contribution is 7.89. The molecule has 7 heteroatoms. The van der Waals surface area contributed by atoms with Crippen molar-refractivity contribution in [2.75, 3.05) is 26.0 Å². The van der Waals surface area contributed by atoms with E-state index < -0.39 is 10.0 Å². The number of nitrogens with zero attached hydrogens (tertiary/aromatic N) is 2. The average molecular weight is 348 g/mol. The number of anilines is 1. The van der Waals surface area contributed by atoms with E-state index in [0.29, 0.717) is 0 Å². The highest BCUT2D eigenvalue weighted by Crippen LogP contribution is 2.35. The summed E-state index contributed by atoms with van der Waals surface area (Å²) in [6, 6.07) is 9.04. The number of carbonyl (C=O) groups is 1. The van der Waals surface area contributed by atoms with Crippen LogP contribution in [0, 0.1) is 0 Å². The van der Waals surface area contributed by atoms with E-state index in [1.54, 1.807) is 11.5 Å². The summed E-state index contributed by atoms with van der Waals surface area (Å²) in [4.78, 5) is 14.9. The molecule has 120 valence electrons. The molecule has 0 unspecified atom stereocenters. The van der Waals surface area contributed by atoms with Gasteiger partial charge < -0.3 is 4.90 Å². The molecule has 0 saturated heterocycles. The van der Waals surface area contributed by atoms with Crippen LogP contribution >= 0.6 is 11.3 Å². The molecule has 0 amide bonds. The molecule has 0 aliphatic carbocycles. The molecule has 3 rings (SSSR count). The van der Waals surface area contributed by atoms with E-state index in [-0.39, 0.29) is 21.3 Å². The lowest BCUT2D eigenvalue weighted by molar-refractivity contribution is 0.101. The zero-order chi connectivity index (χ0) is 16.8. The number of sulfonamides is 1. The molecule has 0 fully saturated rings. The van der Waals surface area contributed by atoms with Crippen LogP contribution in [0.1, 0.15) is 15.2 Å². The normalized spacial score (nSPS) is 18.1. The monoisotopic (exact) mass is 348 g/mol. The van der Waals surface area contributed by atoms with Crippen molar-refractivity contribution in [1.29, 1.82) is 0 Å². The van der Waals surface area contributed by atoms with E-state index in [4.69, 9.17) is 0 Å². The van der Waals surface area contributed by atoms with Gasteiger partial charge in [-0.1, -0.05) is 12.1 Å².